The van der Waals surface area contributed by atoms with Gasteiger partial charge in [-0.1, -0.05) is 60.5 Å². The zero-order chi connectivity index (χ0) is 30.5. The number of aryl methyl sites for hydroxylation is 2. The maximum Gasteiger partial charge on any atom is 0.264 e. The van der Waals surface area contributed by atoms with Crippen molar-refractivity contribution in [3.63, 3.8) is 0 Å². The molecule has 10 heteroatoms. The number of amides is 2. The van der Waals surface area contributed by atoms with Crippen molar-refractivity contribution in [3.8, 4) is 0 Å². The van der Waals surface area contributed by atoms with E-state index in [0.717, 1.165) is 15.4 Å². The van der Waals surface area contributed by atoms with E-state index in [2.05, 4.69) is 5.32 Å². The van der Waals surface area contributed by atoms with E-state index in [-0.39, 0.29) is 17.3 Å². The van der Waals surface area contributed by atoms with Gasteiger partial charge in [0.25, 0.3) is 10.0 Å². The van der Waals surface area contributed by atoms with Gasteiger partial charge in [-0.15, -0.1) is 0 Å². The lowest BCUT2D eigenvalue weighted by atomic mass is 10.1. The Balaban J connectivity index is 2.11. The van der Waals surface area contributed by atoms with E-state index >= 15 is 0 Å². The fraction of sp³-hybridized carbons (Fsp3) is 0.355. The molecule has 0 saturated carbocycles. The Hall–Kier alpha value is -3.07. The van der Waals surface area contributed by atoms with Crippen LogP contribution in [0.3, 0.4) is 0 Å². The van der Waals surface area contributed by atoms with Crippen LogP contribution in [0.4, 0.5) is 5.69 Å². The number of carbonyl (C=O) groups excluding carboxylic acids is 2. The van der Waals surface area contributed by atoms with Crippen LogP contribution in [0.15, 0.2) is 71.6 Å². The van der Waals surface area contributed by atoms with Crippen molar-refractivity contribution in [2.45, 2.75) is 71.0 Å². The van der Waals surface area contributed by atoms with Crippen molar-refractivity contribution >= 4 is 50.7 Å². The summed E-state index contributed by atoms with van der Waals surface area (Å²) in [6.45, 7) is 10.6. The van der Waals surface area contributed by atoms with Crippen LogP contribution in [-0.4, -0.2) is 43.3 Å². The minimum atomic E-state index is -4.14. The fourth-order valence-corrected chi connectivity index (χ4v) is 6.29. The summed E-state index contributed by atoms with van der Waals surface area (Å²) in [5.74, 6) is -0.872. The number of benzene rings is 3. The van der Waals surface area contributed by atoms with E-state index in [1.165, 1.54) is 17.0 Å². The molecule has 3 aromatic rings. The van der Waals surface area contributed by atoms with Crippen LogP contribution in [0.5, 0.6) is 0 Å². The first-order valence-corrected chi connectivity index (χ1v) is 15.5. The van der Waals surface area contributed by atoms with Gasteiger partial charge < -0.3 is 10.2 Å². The standard InChI is InChI=1S/C31H37Cl2N3O4S/c1-7-28(30(38)34-31(4,5)6)35(19-23-13-14-26(32)27(33)18-23)29(37)20-36(24-16-21(2)15-22(3)17-24)41(39,40)25-11-9-8-10-12-25/h8-18,28H,7,19-20H2,1-6H3,(H,34,38). The zero-order valence-electron chi connectivity index (χ0n) is 24.2. The van der Waals surface area contributed by atoms with E-state index in [9.17, 15) is 18.0 Å². The maximum absolute atomic E-state index is 14.2. The highest BCUT2D eigenvalue weighted by molar-refractivity contribution is 7.92. The lowest BCUT2D eigenvalue weighted by molar-refractivity contribution is -0.141. The van der Waals surface area contributed by atoms with Crippen LogP contribution in [0, 0.1) is 13.8 Å². The molecule has 3 aromatic carbocycles. The minimum absolute atomic E-state index is 0.0257. The van der Waals surface area contributed by atoms with Crippen molar-refractivity contribution < 1.29 is 18.0 Å². The monoisotopic (exact) mass is 617 g/mol. The van der Waals surface area contributed by atoms with Gasteiger partial charge in [-0.2, -0.15) is 0 Å². The van der Waals surface area contributed by atoms with Crippen molar-refractivity contribution in [2.24, 2.45) is 0 Å². The molecule has 41 heavy (non-hydrogen) atoms. The topological polar surface area (TPSA) is 86.8 Å². The van der Waals surface area contributed by atoms with Gasteiger partial charge in [-0.25, -0.2) is 8.42 Å². The van der Waals surface area contributed by atoms with Crippen molar-refractivity contribution in [3.05, 3.63) is 93.5 Å². The number of halogens is 2. The van der Waals surface area contributed by atoms with E-state index < -0.39 is 34.1 Å². The molecule has 0 bridgehead atoms. The predicted octanol–water partition coefficient (Wildman–Crippen LogP) is 6.53. The molecule has 2 amide bonds. The third kappa shape index (κ3) is 8.47. The Labute approximate surface area is 253 Å². The lowest BCUT2D eigenvalue weighted by Gasteiger charge is -2.35. The molecule has 3 rings (SSSR count). The van der Waals surface area contributed by atoms with Crippen molar-refractivity contribution in [2.75, 3.05) is 10.8 Å². The highest BCUT2D eigenvalue weighted by atomic mass is 35.5. The Morgan fingerprint density at radius 3 is 2.05 bits per heavy atom. The second kappa shape index (κ2) is 13.3. The first-order chi connectivity index (χ1) is 19.1. The number of rotatable bonds is 10. The van der Waals surface area contributed by atoms with E-state index in [1.807, 2.05) is 47.6 Å². The Kier molecular flexibility index (Phi) is 10.5. The normalized spacial score (nSPS) is 12.5. The van der Waals surface area contributed by atoms with E-state index in [1.54, 1.807) is 48.5 Å². The summed E-state index contributed by atoms with van der Waals surface area (Å²) in [6.07, 6.45) is 0.309. The average Bonchev–Trinajstić information content (AvgIpc) is 2.87. The van der Waals surface area contributed by atoms with Crippen LogP contribution in [-0.2, 0) is 26.2 Å². The molecule has 220 valence electrons. The zero-order valence-corrected chi connectivity index (χ0v) is 26.6. The molecule has 1 atom stereocenters. The van der Waals surface area contributed by atoms with Crippen LogP contribution in [0.2, 0.25) is 10.0 Å². The summed E-state index contributed by atoms with van der Waals surface area (Å²) in [6, 6.07) is 17.5. The summed E-state index contributed by atoms with van der Waals surface area (Å²) in [5.41, 5.74) is 2.18. The smallest absolute Gasteiger partial charge is 0.264 e. The summed E-state index contributed by atoms with van der Waals surface area (Å²) < 4.78 is 29.0. The van der Waals surface area contributed by atoms with Gasteiger partial charge in [0, 0.05) is 12.1 Å². The molecule has 0 aliphatic heterocycles. The summed E-state index contributed by atoms with van der Waals surface area (Å²) >= 11 is 12.4. The quantitative estimate of drug-likeness (QED) is 0.280. The largest absolute Gasteiger partial charge is 0.350 e. The Bertz CT molecular complexity index is 1490. The lowest BCUT2D eigenvalue weighted by Crippen LogP contribution is -2.55. The highest BCUT2D eigenvalue weighted by Crippen LogP contribution is 2.28. The molecular weight excluding hydrogens is 581 g/mol. The Morgan fingerprint density at radius 1 is 0.902 bits per heavy atom. The molecule has 1 unspecified atom stereocenters. The average molecular weight is 619 g/mol. The molecule has 0 aliphatic carbocycles. The number of hydrogen-bond acceptors (Lipinski definition) is 4. The molecule has 7 nitrogen and oxygen atoms in total. The molecule has 0 aliphatic rings. The second-order valence-corrected chi connectivity index (χ2v) is 13.8. The van der Waals surface area contributed by atoms with Gasteiger partial charge in [0.05, 0.1) is 20.6 Å². The van der Waals surface area contributed by atoms with E-state index in [4.69, 9.17) is 23.2 Å². The predicted molar refractivity (Wildman–Crippen MR) is 166 cm³/mol. The number of hydrogen-bond donors (Lipinski definition) is 1. The molecule has 0 spiro atoms. The molecule has 1 N–H and O–H groups in total. The van der Waals surface area contributed by atoms with Gasteiger partial charge in [-0.05, 0) is 94.1 Å². The van der Waals surface area contributed by atoms with Gasteiger partial charge in [0.1, 0.15) is 12.6 Å². The summed E-state index contributed by atoms with van der Waals surface area (Å²) in [5, 5.41) is 3.63. The van der Waals surface area contributed by atoms with Gasteiger partial charge in [0.15, 0.2) is 0 Å². The van der Waals surface area contributed by atoms with Gasteiger partial charge in [0.2, 0.25) is 11.8 Å². The van der Waals surface area contributed by atoms with E-state index in [0.29, 0.717) is 27.7 Å². The van der Waals surface area contributed by atoms with Crippen LogP contribution < -0.4 is 9.62 Å². The number of carbonyl (C=O) groups is 2. The SMILES string of the molecule is CCC(C(=O)NC(C)(C)C)N(Cc1ccc(Cl)c(Cl)c1)C(=O)CN(c1cc(C)cc(C)c1)S(=O)(=O)c1ccccc1. The molecule has 0 heterocycles. The molecule has 0 radical (unpaired) electrons. The Morgan fingerprint density at radius 2 is 1.51 bits per heavy atom. The highest BCUT2D eigenvalue weighted by Gasteiger charge is 2.34. The molecule has 0 aromatic heterocycles. The number of nitrogens with zero attached hydrogens (tertiary/aromatic N) is 2. The summed E-state index contributed by atoms with van der Waals surface area (Å²) in [4.78, 5) is 29.1. The fourth-order valence-electron chi connectivity index (χ4n) is 4.55. The number of sulfonamides is 1. The number of anilines is 1. The molecular formula is C31H37Cl2N3O4S. The van der Waals surface area contributed by atoms with Crippen molar-refractivity contribution in [1.29, 1.82) is 0 Å². The van der Waals surface area contributed by atoms with Crippen molar-refractivity contribution in [1.82, 2.24) is 10.2 Å². The molecule has 0 fully saturated rings. The first kappa shape index (κ1) is 32.4. The van der Waals surface area contributed by atoms with Gasteiger partial charge >= 0.3 is 0 Å². The second-order valence-electron chi connectivity index (χ2n) is 11.1. The minimum Gasteiger partial charge on any atom is -0.350 e. The van der Waals surface area contributed by atoms with Crippen LogP contribution in [0.1, 0.15) is 50.8 Å². The summed E-state index contributed by atoms with van der Waals surface area (Å²) in [7, 11) is -4.14. The molecule has 0 saturated heterocycles. The third-order valence-electron chi connectivity index (χ3n) is 6.33. The third-order valence-corrected chi connectivity index (χ3v) is 8.85. The number of nitrogens with one attached hydrogen (secondary N) is 1. The van der Waals surface area contributed by atoms with Gasteiger partial charge in [-0.3, -0.25) is 13.9 Å². The van der Waals surface area contributed by atoms with Crippen LogP contribution >= 0.6 is 23.2 Å². The van der Waals surface area contributed by atoms with Crippen LogP contribution in [0.25, 0.3) is 0 Å². The maximum atomic E-state index is 14.2. The first-order valence-electron chi connectivity index (χ1n) is 13.3.